The topological polar surface area (TPSA) is 37.8 Å². The third-order valence-electron chi connectivity index (χ3n) is 3.13. The molecule has 0 atom stereocenters. The molecule has 100 valence electrons. The highest BCUT2D eigenvalue weighted by Gasteiger charge is 2.09. The summed E-state index contributed by atoms with van der Waals surface area (Å²) in [5, 5.41) is 3.91. The van der Waals surface area contributed by atoms with Gasteiger partial charge in [-0.25, -0.2) is 9.97 Å². The smallest absolute Gasteiger partial charge is 0.133 e. The molecule has 0 fully saturated rings. The Kier molecular flexibility index (Phi) is 4.51. The molecule has 2 aromatic rings. The van der Waals surface area contributed by atoms with Gasteiger partial charge in [0.15, 0.2) is 0 Å². The lowest BCUT2D eigenvalue weighted by molar-refractivity contribution is 0.773. The molecule has 0 amide bonds. The van der Waals surface area contributed by atoms with E-state index in [4.69, 9.17) is 11.6 Å². The quantitative estimate of drug-likeness (QED) is 0.932. The van der Waals surface area contributed by atoms with Gasteiger partial charge in [-0.15, -0.1) is 0 Å². The zero-order valence-electron chi connectivity index (χ0n) is 11.5. The minimum atomic E-state index is 0.668. The number of nitrogens with one attached hydrogen (secondary N) is 1. The summed E-state index contributed by atoms with van der Waals surface area (Å²) < 4.78 is 0. The summed E-state index contributed by atoms with van der Waals surface area (Å²) in [6.45, 7) is 4.85. The molecule has 2 rings (SSSR count). The molecule has 0 radical (unpaired) electrons. The maximum Gasteiger partial charge on any atom is 0.133 e. The molecular formula is C15H18ClN3. The summed E-state index contributed by atoms with van der Waals surface area (Å²) in [6.07, 6.45) is 0.668. The second-order valence-corrected chi connectivity index (χ2v) is 4.99. The fraction of sp³-hybridized carbons (Fsp3) is 0.333. The number of halogens is 1. The lowest BCUT2D eigenvalue weighted by Gasteiger charge is -2.11. The largest absolute Gasteiger partial charge is 0.316 e. The summed E-state index contributed by atoms with van der Waals surface area (Å²) in [5.41, 5.74) is 4.29. The first-order valence-corrected chi connectivity index (χ1v) is 6.70. The van der Waals surface area contributed by atoms with Crippen molar-refractivity contribution in [2.45, 2.75) is 26.8 Å². The van der Waals surface area contributed by atoms with E-state index in [-0.39, 0.29) is 0 Å². The first-order valence-electron chi connectivity index (χ1n) is 6.32. The Balaban J connectivity index is 2.30. The van der Waals surface area contributed by atoms with Crippen molar-refractivity contribution in [2.75, 3.05) is 7.05 Å². The molecule has 0 aliphatic rings. The SMILES string of the molecule is CNCc1c(C)nc(Cc2ccccc2Cl)nc1C. The fourth-order valence-electron chi connectivity index (χ4n) is 2.13. The van der Waals surface area contributed by atoms with Gasteiger partial charge in [0.05, 0.1) is 0 Å². The Morgan fingerprint density at radius 1 is 1.11 bits per heavy atom. The molecule has 1 N–H and O–H groups in total. The molecule has 1 aromatic carbocycles. The van der Waals surface area contributed by atoms with E-state index in [1.807, 2.05) is 45.2 Å². The molecule has 4 heteroatoms. The number of hydrogen-bond acceptors (Lipinski definition) is 3. The second-order valence-electron chi connectivity index (χ2n) is 4.59. The van der Waals surface area contributed by atoms with Gasteiger partial charge >= 0.3 is 0 Å². The Morgan fingerprint density at radius 3 is 2.32 bits per heavy atom. The molecule has 0 saturated heterocycles. The van der Waals surface area contributed by atoms with Crippen molar-refractivity contribution in [1.29, 1.82) is 0 Å². The first kappa shape index (κ1) is 14.0. The van der Waals surface area contributed by atoms with Crippen LogP contribution in [0.4, 0.5) is 0 Å². The molecule has 0 bridgehead atoms. The highest BCUT2D eigenvalue weighted by atomic mass is 35.5. The maximum atomic E-state index is 6.17. The normalized spacial score (nSPS) is 10.7. The Labute approximate surface area is 119 Å². The van der Waals surface area contributed by atoms with Crippen LogP contribution in [-0.2, 0) is 13.0 Å². The van der Waals surface area contributed by atoms with Crippen LogP contribution in [0.1, 0.15) is 28.3 Å². The van der Waals surface area contributed by atoms with Gasteiger partial charge in [0, 0.05) is 34.9 Å². The van der Waals surface area contributed by atoms with Crippen molar-refractivity contribution in [3.63, 3.8) is 0 Å². The summed E-state index contributed by atoms with van der Waals surface area (Å²) in [5.74, 6) is 0.822. The van der Waals surface area contributed by atoms with Crippen molar-refractivity contribution in [2.24, 2.45) is 0 Å². The van der Waals surface area contributed by atoms with Crippen molar-refractivity contribution < 1.29 is 0 Å². The molecule has 0 unspecified atom stereocenters. The van der Waals surface area contributed by atoms with Crippen LogP contribution in [0.3, 0.4) is 0 Å². The molecule has 3 nitrogen and oxygen atoms in total. The lowest BCUT2D eigenvalue weighted by atomic mass is 10.1. The van der Waals surface area contributed by atoms with Crippen LogP contribution >= 0.6 is 11.6 Å². The van der Waals surface area contributed by atoms with Crippen LogP contribution in [-0.4, -0.2) is 17.0 Å². The van der Waals surface area contributed by atoms with Crippen molar-refractivity contribution in [3.8, 4) is 0 Å². The predicted octanol–water partition coefficient (Wildman–Crippen LogP) is 3.06. The third-order valence-corrected chi connectivity index (χ3v) is 3.50. The molecule has 19 heavy (non-hydrogen) atoms. The van der Waals surface area contributed by atoms with Crippen LogP contribution in [0.25, 0.3) is 0 Å². The molecular weight excluding hydrogens is 258 g/mol. The van der Waals surface area contributed by atoms with E-state index < -0.39 is 0 Å². The van der Waals surface area contributed by atoms with Gasteiger partial charge < -0.3 is 5.32 Å². The molecule has 1 aromatic heterocycles. The van der Waals surface area contributed by atoms with Crippen LogP contribution in [0, 0.1) is 13.8 Å². The number of nitrogens with zero attached hydrogens (tertiary/aromatic N) is 2. The van der Waals surface area contributed by atoms with Crippen LogP contribution < -0.4 is 5.32 Å². The predicted molar refractivity (Wildman–Crippen MR) is 78.5 cm³/mol. The molecule has 1 heterocycles. The molecule has 0 spiro atoms. The molecule has 0 aliphatic carbocycles. The standard InChI is InChI=1S/C15H18ClN3/c1-10-13(9-17-3)11(2)19-15(18-10)8-12-6-4-5-7-14(12)16/h4-7,17H,8-9H2,1-3H3. The van der Waals surface area contributed by atoms with Crippen LogP contribution in [0.2, 0.25) is 5.02 Å². The third kappa shape index (κ3) is 3.31. The van der Waals surface area contributed by atoms with E-state index in [0.29, 0.717) is 6.42 Å². The van der Waals surface area contributed by atoms with E-state index in [2.05, 4.69) is 15.3 Å². The highest BCUT2D eigenvalue weighted by molar-refractivity contribution is 6.31. The van der Waals surface area contributed by atoms with Gasteiger partial charge in [-0.05, 0) is 32.5 Å². The van der Waals surface area contributed by atoms with Crippen molar-refractivity contribution in [3.05, 3.63) is 57.6 Å². The minimum absolute atomic E-state index is 0.668. The Hall–Kier alpha value is -1.45. The van der Waals surface area contributed by atoms with E-state index in [1.165, 1.54) is 5.56 Å². The molecule has 0 saturated carbocycles. The van der Waals surface area contributed by atoms with Crippen LogP contribution in [0.15, 0.2) is 24.3 Å². The van der Waals surface area contributed by atoms with Gasteiger partial charge in [-0.1, -0.05) is 29.8 Å². The van der Waals surface area contributed by atoms with Crippen molar-refractivity contribution >= 4 is 11.6 Å². The van der Waals surface area contributed by atoms with Gasteiger partial charge in [0.1, 0.15) is 5.82 Å². The van der Waals surface area contributed by atoms with E-state index >= 15 is 0 Å². The Bertz CT molecular complexity index is 558. The summed E-state index contributed by atoms with van der Waals surface area (Å²) in [4.78, 5) is 9.16. The average molecular weight is 276 g/mol. The van der Waals surface area contributed by atoms with Crippen LogP contribution in [0.5, 0.6) is 0 Å². The van der Waals surface area contributed by atoms with E-state index in [1.54, 1.807) is 0 Å². The summed E-state index contributed by atoms with van der Waals surface area (Å²) in [7, 11) is 1.93. The van der Waals surface area contributed by atoms with Gasteiger partial charge in [-0.2, -0.15) is 0 Å². The van der Waals surface area contributed by atoms with Gasteiger partial charge in [0.2, 0.25) is 0 Å². The number of rotatable bonds is 4. The summed E-state index contributed by atoms with van der Waals surface area (Å²) >= 11 is 6.17. The van der Waals surface area contributed by atoms with Crippen molar-refractivity contribution in [1.82, 2.24) is 15.3 Å². The average Bonchev–Trinajstić information content (AvgIpc) is 2.37. The Morgan fingerprint density at radius 2 is 1.74 bits per heavy atom. The zero-order chi connectivity index (χ0) is 13.8. The van der Waals surface area contributed by atoms with Gasteiger partial charge in [-0.3, -0.25) is 0 Å². The number of hydrogen-bond donors (Lipinski definition) is 1. The monoisotopic (exact) mass is 275 g/mol. The second kappa shape index (κ2) is 6.13. The van der Waals surface area contributed by atoms with E-state index in [0.717, 1.165) is 34.3 Å². The molecule has 0 aliphatic heterocycles. The maximum absolute atomic E-state index is 6.17. The van der Waals surface area contributed by atoms with E-state index in [9.17, 15) is 0 Å². The summed E-state index contributed by atoms with van der Waals surface area (Å²) in [6, 6.07) is 7.82. The number of aromatic nitrogens is 2. The zero-order valence-corrected chi connectivity index (χ0v) is 12.3. The first-order chi connectivity index (χ1) is 9.11. The number of aryl methyl sites for hydroxylation is 2. The highest BCUT2D eigenvalue weighted by Crippen LogP contribution is 2.18. The lowest BCUT2D eigenvalue weighted by Crippen LogP contribution is -2.12. The number of benzene rings is 1. The van der Waals surface area contributed by atoms with Gasteiger partial charge in [0.25, 0.3) is 0 Å². The minimum Gasteiger partial charge on any atom is -0.316 e. The fourth-order valence-corrected chi connectivity index (χ4v) is 2.34.